The van der Waals surface area contributed by atoms with Crippen molar-refractivity contribution in [3.8, 4) is 11.5 Å². The summed E-state index contributed by atoms with van der Waals surface area (Å²) in [5.74, 6) is 1.20. The number of rotatable bonds is 19. The second-order valence-corrected chi connectivity index (χ2v) is 26.3. The number of amides is 2. The second-order valence-electron chi connectivity index (χ2n) is 22.3. The van der Waals surface area contributed by atoms with Crippen LogP contribution < -0.4 is 35.6 Å². The molecule has 0 aliphatic carbocycles. The van der Waals surface area contributed by atoms with E-state index in [4.69, 9.17) is 24.7 Å². The number of nitrogens with one attached hydrogen (secondary N) is 2. The molecule has 22 heteroatoms. The monoisotopic (exact) mass is 1170 g/mol. The maximum Gasteiger partial charge on any atom is 0.407 e. The molecule has 2 aliphatic rings. The Morgan fingerprint density at radius 3 is 1.32 bits per heavy atom. The van der Waals surface area contributed by atoms with E-state index in [9.17, 15) is 36.0 Å². The second kappa shape index (κ2) is 29.9. The van der Waals surface area contributed by atoms with Gasteiger partial charge in [-0.1, -0.05) is 12.1 Å². The van der Waals surface area contributed by atoms with Crippen molar-refractivity contribution in [3.05, 3.63) is 101 Å². The number of alkyl carbamates (subject to hydrolysis) is 2. The summed E-state index contributed by atoms with van der Waals surface area (Å²) >= 11 is 0. The minimum absolute atomic E-state index is 0.0213. The number of likely N-dealkylation sites (N-methyl/N-ethyl adjacent to an activating group) is 1. The van der Waals surface area contributed by atoms with Crippen molar-refractivity contribution in [3.63, 3.8) is 0 Å². The zero-order chi connectivity index (χ0) is 60.5. The maximum absolute atomic E-state index is 13.2. The molecule has 0 spiro atoms. The fraction of sp³-hybridized carbons (Fsp3) is 0.525. The van der Waals surface area contributed by atoms with Gasteiger partial charge in [-0.2, -0.15) is 4.31 Å². The van der Waals surface area contributed by atoms with Gasteiger partial charge in [0.15, 0.2) is 0 Å². The normalized spacial score (nSPS) is 14.4. The average Bonchev–Trinajstić information content (AvgIpc) is 3.37. The van der Waals surface area contributed by atoms with Crippen LogP contribution in [0.3, 0.4) is 0 Å². The van der Waals surface area contributed by atoms with Crippen LogP contribution in [0.15, 0.2) is 82.6 Å². The summed E-state index contributed by atoms with van der Waals surface area (Å²) in [7, 11) is -1.33. The number of Topliss-reactive ketones (excluding diaryl/α,β-unsaturated/α-hetero) is 1. The molecule has 81 heavy (non-hydrogen) atoms. The first-order valence-electron chi connectivity index (χ1n) is 27.1. The van der Waals surface area contributed by atoms with Gasteiger partial charge in [-0.3, -0.25) is 9.59 Å². The number of ketones is 1. The van der Waals surface area contributed by atoms with Gasteiger partial charge in [-0.15, -0.1) is 0 Å². The molecule has 2 aliphatic heterocycles. The van der Waals surface area contributed by atoms with Crippen molar-refractivity contribution in [2.45, 2.75) is 141 Å². The van der Waals surface area contributed by atoms with E-state index in [0.29, 0.717) is 40.2 Å². The van der Waals surface area contributed by atoms with E-state index < -0.39 is 31.2 Å². The minimum Gasteiger partial charge on any atom is -0.497 e. The summed E-state index contributed by atoms with van der Waals surface area (Å²) in [5, 5.41) is 5.90. The topological polar surface area (TPSA) is 246 Å². The third-order valence-electron chi connectivity index (χ3n) is 13.4. The summed E-state index contributed by atoms with van der Waals surface area (Å²) in [4.78, 5) is 51.7. The largest absolute Gasteiger partial charge is 0.497 e. The van der Waals surface area contributed by atoms with Crippen LogP contribution in [0, 0.1) is 27.7 Å². The van der Waals surface area contributed by atoms with Crippen molar-refractivity contribution < 1.29 is 59.7 Å². The maximum atomic E-state index is 13.2. The Kier molecular flexibility index (Phi) is 24.7. The molecule has 0 atom stereocenters. The van der Waals surface area contributed by atoms with E-state index in [1.807, 2.05) is 90.1 Å². The van der Waals surface area contributed by atoms with Crippen molar-refractivity contribution in [1.29, 1.82) is 0 Å². The Bertz CT molecular complexity index is 2900. The summed E-state index contributed by atoms with van der Waals surface area (Å²) in [6.45, 7) is 22.1. The lowest BCUT2D eigenvalue weighted by Gasteiger charge is -2.34. The molecule has 6 rings (SSSR count). The Balaban J connectivity index is 0.000000289. The average molecular weight is 1170 g/mol. The van der Waals surface area contributed by atoms with Crippen LogP contribution in [0.2, 0.25) is 0 Å². The standard InChI is InChI=1S/C30H43N3O6S.C16H25N3O2.C13H19NO5S/c1-21-18-27(38-7)19-22(2)28(21)40(36,37)32(6)15-14-26(34)20-23-8-10-25(11-9-23)33-16-12-24(13-17-33)31-29(35)39-30(3,4)5;1-16(2,3)21-15(20)18-13-8-10-19(11-9-13)14-6-4-12(17)5-7-14;1-10-7-12(18-4)8-11(2)13(10)20(16,17)14(3)5-6-19-9-15/h8-11,18-19,24H,12-17,20H2,1-7H3,(H,31,35);4-7,13H,8-11,17H2,1-3H3,(H,18,20);7-9H,5-6H2,1-4H3. The summed E-state index contributed by atoms with van der Waals surface area (Å²) in [5.41, 5.74) is 11.1. The molecule has 4 aromatic rings. The van der Waals surface area contributed by atoms with Gasteiger partial charge in [0.25, 0.3) is 6.47 Å². The SMILES string of the molecule is CC(C)(C)OC(=O)NC1CCN(c2ccc(N)cc2)CC1.COc1cc(C)c(S(=O)(=O)N(C)CCC(=O)Cc2ccc(N3CCC(NC(=O)OC(C)(C)C)CC3)cc2)c(C)c1.COc1cc(C)c(S(=O)(=O)N(C)CCOC=O)c(C)c1. The molecule has 448 valence electrons. The molecular weight excluding hydrogens is 1080 g/mol. The lowest BCUT2D eigenvalue weighted by molar-refractivity contribution is -0.128. The minimum atomic E-state index is -3.74. The number of nitrogens with two attached hydrogens (primary N) is 1. The van der Waals surface area contributed by atoms with Gasteiger partial charge in [-0.25, -0.2) is 30.7 Å². The van der Waals surface area contributed by atoms with Crippen LogP contribution in [0.1, 0.15) is 101 Å². The zero-order valence-corrected chi connectivity index (χ0v) is 51.5. The van der Waals surface area contributed by atoms with Crippen molar-refractivity contribution in [1.82, 2.24) is 19.2 Å². The highest BCUT2D eigenvalue weighted by Crippen LogP contribution is 2.30. The molecule has 4 aromatic carbocycles. The Labute approximate surface area is 481 Å². The predicted molar refractivity (Wildman–Crippen MR) is 316 cm³/mol. The number of hydrogen-bond acceptors (Lipinski definition) is 16. The first kappa shape index (κ1) is 66.9. The number of sulfonamides is 2. The number of carbonyl (C=O) groups is 4. The number of methoxy groups -OCH3 is 2. The molecule has 2 saturated heterocycles. The highest BCUT2D eigenvalue weighted by atomic mass is 32.2. The predicted octanol–water partition coefficient (Wildman–Crippen LogP) is 8.50. The Hall–Kier alpha value is -6.62. The highest BCUT2D eigenvalue weighted by molar-refractivity contribution is 7.89. The fourth-order valence-electron chi connectivity index (χ4n) is 9.27. The zero-order valence-electron chi connectivity index (χ0n) is 49.8. The molecular formula is C59H87N7O13S2. The fourth-order valence-corrected chi connectivity index (χ4v) is 12.4. The van der Waals surface area contributed by atoms with Crippen LogP contribution in [-0.4, -0.2) is 147 Å². The van der Waals surface area contributed by atoms with E-state index in [1.54, 1.807) is 59.1 Å². The van der Waals surface area contributed by atoms with Crippen molar-refractivity contribution in [2.75, 3.05) is 89.7 Å². The molecule has 0 aromatic heterocycles. The molecule has 2 heterocycles. The Morgan fingerprint density at radius 1 is 0.617 bits per heavy atom. The van der Waals surface area contributed by atoms with E-state index in [1.165, 1.54) is 31.2 Å². The quantitative estimate of drug-likeness (QED) is 0.0345. The Morgan fingerprint density at radius 2 is 0.975 bits per heavy atom. The third-order valence-corrected chi connectivity index (χ3v) is 17.7. The summed E-state index contributed by atoms with van der Waals surface area (Å²) in [6, 6.07) is 22.8. The van der Waals surface area contributed by atoms with Gasteiger partial charge in [0.2, 0.25) is 20.0 Å². The van der Waals surface area contributed by atoms with E-state index in [2.05, 4.69) is 25.2 Å². The lowest BCUT2D eigenvalue weighted by Crippen LogP contribution is -2.46. The number of benzene rings is 4. The molecule has 0 saturated carbocycles. The van der Waals surface area contributed by atoms with Crippen LogP contribution in [0.4, 0.5) is 26.7 Å². The first-order valence-corrected chi connectivity index (χ1v) is 30.0. The van der Waals surface area contributed by atoms with E-state index in [0.717, 1.165) is 73.1 Å². The summed E-state index contributed by atoms with van der Waals surface area (Å²) in [6.07, 6.45) is 3.16. The van der Waals surface area contributed by atoms with Gasteiger partial charge < -0.3 is 49.9 Å². The summed E-state index contributed by atoms with van der Waals surface area (Å²) < 4.78 is 79.4. The van der Waals surface area contributed by atoms with Crippen LogP contribution >= 0.6 is 0 Å². The van der Waals surface area contributed by atoms with E-state index >= 15 is 0 Å². The molecule has 0 bridgehead atoms. The van der Waals surface area contributed by atoms with Gasteiger partial charge in [0.05, 0.1) is 24.0 Å². The number of piperidine rings is 2. The van der Waals surface area contributed by atoms with Gasteiger partial charge in [-0.05, 0) is 183 Å². The highest BCUT2D eigenvalue weighted by Gasteiger charge is 2.29. The van der Waals surface area contributed by atoms with E-state index in [-0.39, 0.29) is 72.4 Å². The van der Waals surface area contributed by atoms with Crippen molar-refractivity contribution >= 4 is 61.6 Å². The molecule has 20 nitrogen and oxygen atoms in total. The number of hydrogen-bond donors (Lipinski definition) is 3. The van der Waals surface area contributed by atoms with Crippen LogP contribution in [0.25, 0.3) is 0 Å². The molecule has 0 radical (unpaired) electrons. The van der Waals surface area contributed by atoms with Gasteiger partial charge in [0, 0.05) is 95.4 Å². The number of aryl methyl sites for hydroxylation is 4. The molecule has 2 fully saturated rings. The smallest absolute Gasteiger partial charge is 0.407 e. The lowest BCUT2D eigenvalue weighted by atomic mass is 10.0. The van der Waals surface area contributed by atoms with Crippen LogP contribution in [0.5, 0.6) is 11.5 Å². The first-order chi connectivity index (χ1) is 37.9. The van der Waals surface area contributed by atoms with Gasteiger partial charge >= 0.3 is 12.2 Å². The van der Waals surface area contributed by atoms with Crippen molar-refractivity contribution in [2.24, 2.45) is 0 Å². The number of ether oxygens (including phenoxy) is 5. The number of nitrogens with zero attached hydrogens (tertiary/aromatic N) is 4. The third kappa shape index (κ3) is 21.0. The van der Waals surface area contributed by atoms with Crippen LogP contribution in [-0.2, 0) is 50.3 Å². The molecule has 4 N–H and O–H groups in total. The number of anilines is 3. The number of nitrogen functional groups attached to an aromatic ring is 1. The van der Waals surface area contributed by atoms with Gasteiger partial charge in [0.1, 0.15) is 35.1 Å². The number of carbonyl (C=O) groups excluding carboxylic acids is 4. The molecule has 2 amide bonds. The molecule has 0 unspecified atom stereocenters.